The van der Waals surface area contributed by atoms with Crippen LogP contribution in [0.3, 0.4) is 0 Å². The van der Waals surface area contributed by atoms with Gasteiger partial charge in [-0.15, -0.1) is 0 Å². The standard InChI is InChI=1S/C22H22F2N4O/c1-15-14-20(21(29)25-12-10-16-6-8-18(23)9-7-16)28-22(27-15)26-13-11-17-4-2-3-5-19(17)24/h2-9,14H,10-13H2,1H3,(H,25,29)(H,26,27,28). The molecule has 7 heteroatoms. The number of hydrogen-bond donors (Lipinski definition) is 2. The fourth-order valence-electron chi connectivity index (χ4n) is 2.84. The van der Waals surface area contributed by atoms with Crippen molar-refractivity contribution >= 4 is 11.9 Å². The van der Waals surface area contributed by atoms with Crippen LogP contribution in [0, 0.1) is 18.6 Å². The second-order valence-electron chi connectivity index (χ2n) is 6.62. The van der Waals surface area contributed by atoms with Gasteiger partial charge in [0.05, 0.1) is 0 Å². The molecule has 0 bridgehead atoms. The molecule has 0 saturated carbocycles. The van der Waals surface area contributed by atoms with Gasteiger partial charge in [0.2, 0.25) is 5.95 Å². The van der Waals surface area contributed by atoms with Crippen LogP contribution >= 0.6 is 0 Å². The molecule has 2 N–H and O–H groups in total. The van der Waals surface area contributed by atoms with Crippen molar-refractivity contribution in [3.63, 3.8) is 0 Å². The maximum absolute atomic E-state index is 13.7. The molecule has 1 amide bonds. The number of carbonyl (C=O) groups is 1. The van der Waals surface area contributed by atoms with Crippen molar-refractivity contribution in [3.05, 3.63) is 88.7 Å². The summed E-state index contributed by atoms with van der Waals surface area (Å²) in [5.41, 5.74) is 2.44. The number of nitrogens with zero attached hydrogens (tertiary/aromatic N) is 2. The van der Waals surface area contributed by atoms with Crippen LogP contribution in [-0.2, 0) is 12.8 Å². The Bertz CT molecular complexity index is 977. The Labute approximate surface area is 168 Å². The summed E-state index contributed by atoms with van der Waals surface area (Å²) in [6.07, 6.45) is 1.06. The number of aryl methyl sites for hydroxylation is 1. The van der Waals surface area contributed by atoms with Gasteiger partial charge in [0.15, 0.2) is 0 Å². The second kappa shape index (κ2) is 9.73. The van der Waals surface area contributed by atoms with Gasteiger partial charge in [-0.05, 0) is 55.2 Å². The van der Waals surface area contributed by atoms with Gasteiger partial charge in [-0.1, -0.05) is 30.3 Å². The van der Waals surface area contributed by atoms with Crippen LogP contribution in [0.25, 0.3) is 0 Å². The van der Waals surface area contributed by atoms with Crippen LogP contribution in [0.2, 0.25) is 0 Å². The van der Waals surface area contributed by atoms with E-state index >= 15 is 0 Å². The molecule has 150 valence electrons. The molecule has 0 atom stereocenters. The fraction of sp³-hybridized carbons (Fsp3) is 0.227. The van der Waals surface area contributed by atoms with Gasteiger partial charge in [-0.25, -0.2) is 18.7 Å². The number of hydrogen-bond acceptors (Lipinski definition) is 4. The quantitative estimate of drug-likeness (QED) is 0.609. The van der Waals surface area contributed by atoms with E-state index in [1.54, 1.807) is 43.3 Å². The van der Waals surface area contributed by atoms with Gasteiger partial charge in [0.25, 0.3) is 5.91 Å². The smallest absolute Gasteiger partial charge is 0.270 e. The van der Waals surface area contributed by atoms with Crippen LogP contribution in [0.1, 0.15) is 27.3 Å². The topological polar surface area (TPSA) is 66.9 Å². The Morgan fingerprint density at radius 1 is 0.966 bits per heavy atom. The number of benzene rings is 2. The largest absolute Gasteiger partial charge is 0.354 e. The average Bonchev–Trinajstić information content (AvgIpc) is 2.70. The second-order valence-corrected chi connectivity index (χ2v) is 6.62. The van der Waals surface area contributed by atoms with Gasteiger partial charge < -0.3 is 10.6 Å². The molecular formula is C22H22F2N4O. The van der Waals surface area contributed by atoms with E-state index in [2.05, 4.69) is 20.6 Å². The van der Waals surface area contributed by atoms with Crippen LogP contribution in [-0.4, -0.2) is 29.0 Å². The molecule has 0 fully saturated rings. The van der Waals surface area contributed by atoms with Crippen molar-refractivity contribution in [2.75, 3.05) is 18.4 Å². The van der Waals surface area contributed by atoms with Crippen molar-refractivity contribution in [2.24, 2.45) is 0 Å². The summed E-state index contributed by atoms with van der Waals surface area (Å²) in [4.78, 5) is 20.9. The van der Waals surface area contributed by atoms with Gasteiger partial charge in [-0.3, -0.25) is 4.79 Å². The van der Waals surface area contributed by atoms with Crippen LogP contribution < -0.4 is 10.6 Å². The zero-order chi connectivity index (χ0) is 20.6. The van der Waals surface area contributed by atoms with Crippen molar-refractivity contribution in [3.8, 4) is 0 Å². The van der Waals surface area contributed by atoms with E-state index in [1.165, 1.54) is 18.2 Å². The summed E-state index contributed by atoms with van der Waals surface area (Å²) in [5, 5.41) is 5.84. The fourth-order valence-corrected chi connectivity index (χ4v) is 2.84. The molecule has 0 aliphatic heterocycles. The first kappa shape index (κ1) is 20.4. The lowest BCUT2D eigenvalue weighted by atomic mass is 10.1. The Balaban J connectivity index is 1.54. The molecular weight excluding hydrogens is 374 g/mol. The Hall–Kier alpha value is -3.35. The summed E-state index contributed by atoms with van der Waals surface area (Å²) in [6, 6.07) is 14.4. The summed E-state index contributed by atoms with van der Waals surface area (Å²) in [7, 11) is 0. The number of aromatic nitrogens is 2. The molecule has 0 spiro atoms. The van der Waals surface area contributed by atoms with Gasteiger partial charge in [0.1, 0.15) is 17.3 Å². The summed E-state index contributed by atoms with van der Waals surface area (Å²) < 4.78 is 26.6. The Morgan fingerprint density at radius 2 is 1.72 bits per heavy atom. The molecule has 1 heterocycles. The maximum Gasteiger partial charge on any atom is 0.270 e. The number of anilines is 1. The van der Waals surface area contributed by atoms with Crippen LogP contribution in [0.5, 0.6) is 0 Å². The predicted molar refractivity (Wildman–Crippen MR) is 108 cm³/mol. The molecule has 2 aromatic carbocycles. The van der Waals surface area contributed by atoms with Gasteiger partial charge in [-0.2, -0.15) is 0 Å². The van der Waals surface area contributed by atoms with Crippen molar-refractivity contribution in [1.29, 1.82) is 0 Å². The van der Waals surface area contributed by atoms with Crippen molar-refractivity contribution in [2.45, 2.75) is 19.8 Å². The third-order valence-corrected chi connectivity index (χ3v) is 4.33. The highest BCUT2D eigenvalue weighted by Gasteiger charge is 2.10. The molecule has 0 radical (unpaired) electrons. The monoisotopic (exact) mass is 396 g/mol. The van der Waals surface area contributed by atoms with Gasteiger partial charge >= 0.3 is 0 Å². The van der Waals surface area contributed by atoms with Crippen molar-refractivity contribution < 1.29 is 13.6 Å². The molecule has 1 aromatic heterocycles. The lowest BCUT2D eigenvalue weighted by Gasteiger charge is -2.09. The molecule has 3 rings (SSSR count). The number of carbonyl (C=O) groups excluding carboxylic acids is 1. The molecule has 29 heavy (non-hydrogen) atoms. The normalized spacial score (nSPS) is 10.6. The zero-order valence-electron chi connectivity index (χ0n) is 16.1. The highest BCUT2D eigenvalue weighted by molar-refractivity contribution is 5.92. The Kier molecular flexibility index (Phi) is 6.84. The highest BCUT2D eigenvalue weighted by atomic mass is 19.1. The first-order valence-corrected chi connectivity index (χ1v) is 9.37. The van der Waals surface area contributed by atoms with E-state index in [0.29, 0.717) is 43.1 Å². The number of nitrogens with one attached hydrogen (secondary N) is 2. The van der Waals surface area contributed by atoms with E-state index in [-0.39, 0.29) is 23.2 Å². The number of rotatable bonds is 8. The SMILES string of the molecule is Cc1cc(C(=O)NCCc2ccc(F)cc2)nc(NCCc2ccccc2F)n1. The lowest BCUT2D eigenvalue weighted by molar-refractivity contribution is 0.0949. The summed E-state index contributed by atoms with van der Waals surface area (Å²) in [5.74, 6) is -0.523. The van der Waals surface area contributed by atoms with E-state index in [0.717, 1.165) is 5.56 Å². The van der Waals surface area contributed by atoms with E-state index in [1.807, 2.05) is 0 Å². The van der Waals surface area contributed by atoms with Crippen LogP contribution in [0.4, 0.5) is 14.7 Å². The minimum absolute atomic E-state index is 0.249. The summed E-state index contributed by atoms with van der Waals surface area (Å²) >= 11 is 0. The predicted octanol–water partition coefficient (Wildman–Crippen LogP) is 3.69. The lowest BCUT2D eigenvalue weighted by Crippen LogP contribution is -2.27. The van der Waals surface area contributed by atoms with E-state index in [9.17, 15) is 13.6 Å². The van der Waals surface area contributed by atoms with Crippen molar-refractivity contribution in [1.82, 2.24) is 15.3 Å². The molecule has 0 saturated heterocycles. The highest BCUT2D eigenvalue weighted by Crippen LogP contribution is 2.09. The molecule has 5 nitrogen and oxygen atoms in total. The van der Waals surface area contributed by atoms with Crippen LogP contribution in [0.15, 0.2) is 54.6 Å². The molecule has 0 aliphatic rings. The van der Waals surface area contributed by atoms with Gasteiger partial charge in [0, 0.05) is 18.8 Å². The third-order valence-electron chi connectivity index (χ3n) is 4.33. The first-order valence-electron chi connectivity index (χ1n) is 9.37. The first-order chi connectivity index (χ1) is 14.0. The van der Waals surface area contributed by atoms with E-state index in [4.69, 9.17) is 0 Å². The average molecular weight is 396 g/mol. The number of amides is 1. The molecule has 0 aliphatic carbocycles. The minimum Gasteiger partial charge on any atom is -0.354 e. The molecule has 0 unspecified atom stereocenters. The number of halogens is 2. The zero-order valence-corrected chi connectivity index (χ0v) is 16.1. The maximum atomic E-state index is 13.7. The molecule has 3 aromatic rings. The summed E-state index contributed by atoms with van der Waals surface area (Å²) in [6.45, 7) is 2.62. The van der Waals surface area contributed by atoms with E-state index < -0.39 is 0 Å². The third kappa shape index (κ3) is 6.07. The Morgan fingerprint density at radius 3 is 2.48 bits per heavy atom. The minimum atomic E-state index is -0.310.